The van der Waals surface area contributed by atoms with Crippen LogP contribution in [0.5, 0.6) is 0 Å². The first-order valence-corrected chi connectivity index (χ1v) is 8.43. The van der Waals surface area contributed by atoms with E-state index in [1.807, 2.05) is 31.2 Å². The van der Waals surface area contributed by atoms with E-state index in [0.717, 1.165) is 10.9 Å². The lowest BCUT2D eigenvalue weighted by atomic mass is 10.1. The summed E-state index contributed by atoms with van der Waals surface area (Å²) < 4.78 is 1.54. The third-order valence-corrected chi connectivity index (χ3v) is 4.57. The third-order valence-electron chi connectivity index (χ3n) is 4.57. The molecule has 1 aliphatic rings. The van der Waals surface area contributed by atoms with Gasteiger partial charge in [-0.1, -0.05) is 18.2 Å². The second-order valence-electron chi connectivity index (χ2n) is 6.09. The fraction of sp³-hybridized carbons (Fsp3) is 0.389. The molecule has 0 atom stereocenters. The van der Waals surface area contributed by atoms with Gasteiger partial charge in [-0.2, -0.15) is 0 Å². The molecule has 7 nitrogen and oxygen atoms in total. The molecule has 0 saturated carbocycles. The summed E-state index contributed by atoms with van der Waals surface area (Å²) >= 11 is 0. The van der Waals surface area contributed by atoms with Gasteiger partial charge < -0.3 is 19.7 Å². The fourth-order valence-electron chi connectivity index (χ4n) is 3.13. The van der Waals surface area contributed by atoms with E-state index in [0.29, 0.717) is 38.3 Å². The maximum absolute atomic E-state index is 12.9. The number of benzene rings is 1. The first-order valence-electron chi connectivity index (χ1n) is 8.43. The van der Waals surface area contributed by atoms with Crippen LogP contribution in [0.1, 0.15) is 17.3 Å². The van der Waals surface area contributed by atoms with Crippen LogP contribution in [0.3, 0.4) is 0 Å². The highest BCUT2D eigenvalue weighted by atomic mass is 16.2. The average molecular weight is 342 g/mol. The number of carbonyl (C=O) groups is 2. The van der Waals surface area contributed by atoms with Gasteiger partial charge in [-0.05, 0) is 13.0 Å². The minimum Gasteiger partial charge on any atom is -0.338 e. The summed E-state index contributed by atoms with van der Waals surface area (Å²) in [5.41, 5.74) is 0.951. The molecule has 0 spiro atoms. The quantitative estimate of drug-likeness (QED) is 0.886. The number of pyridine rings is 1. The lowest BCUT2D eigenvalue weighted by Gasteiger charge is -2.34. The molecule has 1 aromatic carbocycles. The summed E-state index contributed by atoms with van der Waals surface area (Å²) in [6.45, 7) is 4.34. The van der Waals surface area contributed by atoms with Crippen LogP contribution in [0.4, 0.5) is 4.79 Å². The van der Waals surface area contributed by atoms with Gasteiger partial charge in [-0.25, -0.2) is 4.79 Å². The maximum Gasteiger partial charge on any atom is 0.317 e. The number of fused-ring (bicyclic) bond motifs is 1. The number of piperazine rings is 1. The molecule has 3 amide bonds. The van der Waals surface area contributed by atoms with Crippen LogP contribution in [-0.4, -0.2) is 59.0 Å². The zero-order chi connectivity index (χ0) is 18.0. The van der Waals surface area contributed by atoms with Crippen LogP contribution >= 0.6 is 0 Å². The Morgan fingerprint density at radius 3 is 2.40 bits per heavy atom. The Bertz CT molecular complexity index is 866. The van der Waals surface area contributed by atoms with Gasteiger partial charge >= 0.3 is 6.03 Å². The van der Waals surface area contributed by atoms with E-state index in [-0.39, 0.29) is 17.5 Å². The van der Waals surface area contributed by atoms with E-state index < -0.39 is 0 Å². The molecular formula is C18H22N4O3. The molecule has 1 saturated heterocycles. The number of nitrogens with one attached hydrogen (secondary N) is 1. The number of amides is 3. The van der Waals surface area contributed by atoms with Crippen molar-refractivity contribution in [2.24, 2.45) is 7.05 Å². The van der Waals surface area contributed by atoms with Crippen molar-refractivity contribution in [1.29, 1.82) is 0 Å². The van der Waals surface area contributed by atoms with E-state index in [4.69, 9.17) is 0 Å². The van der Waals surface area contributed by atoms with E-state index in [9.17, 15) is 14.4 Å². The minimum atomic E-state index is -0.206. The molecule has 0 radical (unpaired) electrons. The molecule has 0 aliphatic carbocycles. The van der Waals surface area contributed by atoms with Crippen LogP contribution in [-0.2, 0) is 7.05 Å². The summed E-state index contributed by atoms with van der Waals surface area (Å²) in [4.78, 5) is 40.4. The Hall–Kier alpha value is -2.83. The predicted molar refractivity (Wildman–Crippen MR) is 95.7 cm³/mol. The summed E-state index contributed by atoms with van der Waals surface area (Å²) in [7, 11) is 1.70. The zero-order valence-electron chi connectivity index (χ0n) is 14.5. The number of rotatable bonds is 2. The van der Waals surface area contributed by atoms with Crippen LogP contribution in [0, 0.1) is 0 Å². The van der Waals surface area contributed by atoms with Gasteiger partial charge in [0.15, 0.2) is 0 Å². The standard InChI is InChI=1S/C18H22N4O3/c1-3-19-18(25)22-10-8-21(9-11-22)17(24)14-12-16(23)20(2)15-7-5-4-6-13(14)15/h4-7,12H,3,8-11H2,1-2H3,(H,19,25). The Kier molecular flexibility index (Phi) is 4.74. The minimum absolute atomic E-state index is 0.103. The molecule has 1 N–H and O–H groups in total. The van der Waals surface area contributed by atoms with E-state index >= 15 is 0 Å². The normalized spacial score (nSPS) is 14.6. The molecule has 2 heterocycles. The van der Waals surface area contributed by atoms with Crippen molar-refractivity contribution in [3.63, 3.8) is 0 Å². The van der Waals surface area contributed by atoms with Gasteiger partial charge in [-0.15, -0.1) is 0 Å². The Labute approximate surface area is 145 Å². The van der Waals surface area contributed by atoms with Gasteiger partial charge in [-0.3, -0.25) is 9.59 Å². The molecule has 0 unspecified atom stereocenters. The largest absolute Gasteiger partial charge is 0.338 e. The van der Waals surface area contributed by atoms with Crippen molar-refractivity contribution >= 4 is 22.8 Å². The molecule has 1 fully saturated rings. The van der Waals surface area contributed by atoms with E-state index in [1.165, 1.54) is 6.07 Å². The molecule has 25 heavy (non-hydrogen) atoms. The zero-order valence-corrected chi connectivity index (χ0v) is 14.5. The molecule has 1 aliphatic heterocycles. The Morgan fingerprint density at radius 2 is 1.72 bits per heavy atom. The monoisotopic (exact) mass is 342 g/mol. The van der Waals surface area contributed by atoms with Gasteiger partial charge in [0.05, 0.1) is 11.1 Å². The van der Waals surface area contributed by atoms with Gasteiger partial charge in [0.25, 0.3) is 11.5 Å². The third kappa shape index (κ3) is 3.22. The van der Waals surface area contributed by atoms with E-state index in [2.05, 4.69) is 5.32 Å². The number of para-hydroxylation sites is 1. The molecule has 7 heteroatoms. The second kappa shape index (κ2) is 6.96. The van der Waals surface area contributed by atoms with Crippen molar-refractivity contribution in [2.45, 2.75) is 6.92 Å². The number of carbonyl (C=O) groups excluding carboxylic acids is 2. The van der Waals surface area contributed by atoms with Gasteiger partial charge in [0.1, 0.15) is 0 Å². The number of aryl methyl sites for hydroxylation is 1. The van der Waals surface area contributed by atoms with Crippen molar-refractivity contribution in [3.8, 4) is 0 Å². The topological polar surface area (TPSA) is 74.7 Å². The highest BCUT2D eigenvalue weighted by molar-refractivity contribution is 6.06. The molecule has 2 aromatic rings. The summed E-state index contributed by atoms with van der Waals surface area (Å²) in [5.74, 6) is -0.163. The highest BCUT2D eigenvalue weighted by Crippen LogP contribution is 2.18. The second-order valence-corrected chi connectivity index (χ2v) is 6.09. The van der Waals surface area contributed by atoms with Gasteiger partial charge in [0.2, 0.25) is 0 Å². The van der Waals surface area contributed by atoms with Crippen molar-refractivity contribution in [1.82, 2.24) is 19.7 Å². The van der Waals surface area contributed by atoms with Crippen molar-refractivity contribution < 1.29 is 9.59 Å². The van der Waals surface area contributed by atoms with Crippen LogP contribution < -0.4 is 10.9 Å². The van der Waals surface area contributed by atoms with E-state index in [1.54, 1.807) is 21.4 Å². The summed E-state index contributed by atoms with van der Waals surface area (Å²) in [6.07, 6.45) is 0. The molecule has 3 rings (SSSR count). The number of hydrogen-bond acceptors (Lipinski definition) is 3. The lowest BCUT2D eigenvalue weighted by Crippen LogP contribution is -2.53. The summed E-state index contributed by atoms with van der Waals surface area (Å²) in [5, 5.41) is 3.53. The van der Waals surface area contributed by atoms with Crippen molar-refractivity contribution in [3.05, 3.63) is 46.2 Å². The van der Waals surface area contributed by atoms with Crippen LogP contribution in [0.2, 0.25) is 0 Å². The first kappa shape index (κ1) is 17.0. The van der Waals surface area contributed by atoms with Crippen LogP contribution in [0.15, 0.2) is 35.1 Å². The fourth-order valence-corrected chi connectivity index (χ4v) is 3.13. The molecule has 0 bridgehead atoms. The Balaban J connectivity index is 1.83. The average Bonchev–Trinajstić information content (AvgIpc) is 2.64. The summed E-state index contributed by atoms with van der Waals surface area (Å²) in [6, 6.07) is 8.69. The van der Waals surface area contributed by atoms with Crippen LogP contribution in [0.25, 0.3) is 10.9 Å². The molecule has 132 valence electrons. The van der Waals surface area contributed by atoms with Gasteiger partial charge in [0, 0.05) is 51.2 Å². The Morgan fingerprint density at radius 1 is 1.08 bits per heavy atom. The SMILES string of the molecule is CCNC(=O)N1CCN(C(=O)c2cc(=O)n(C)c3ccccc23)CC1. The smallest absolute Gasteiger partial charge is 0.317 e. The number of urea groups is 1. The molecular weight excluding hydrogens is 320 g/mol. The highest BCUT2D eigenvalue weighted by Gasteiger charge is 2.26. The number of aromatic nitrogens is 1. The maximum atomic E-state index is 12.9. The number of hydrogen-bond donors (Lipinski definition) is 1. The first-order chi connectivity index (χ1) is 12.0. The lowest BCUT2D eigenvalue weighted by molar-refractivity contribution is 0.0667. The molecule has 1 aromatic heterocycles. The predicted octanol–water partition coefficient (Wildman–Crippen LogP) is 1.03. The number of nitrogens with zero attached hydrogens (tertiary/aromatic N) is 3. The van der Waals surface area contributed by atoms with Crippen molar-refractivity contribution in [2.75, 3.05) is 32.7 Å².